The first-order valence-electron chi connectivity index (χ1n) is 6.10. The van der Waals surface area contributed by atoms with Gasteiger partial charge in [-0.05, 0) is 25.2 Å². The van der Waals surface area contributed by atoms with E-state index in [0.29, 0.717) is 23.2 Å². The lowest BCUT2D eigenvalue weighted by atomic mass is 9.95. The van der Waals surface area contributed by atoms with Crippen LogP contribution in [0.3, 0.4) is 0 Å². The highest BCUT2D eigenvalue weighted by Crippen LogP contribution is 2.26. The zero-order valence-corrected chi connectivity index (χ0v) is 10.7. The molecule has 0 spiro atoms. The summed E-state index contributed by atoms with van der Waals surface area (Å²) in [5.41, 5.74) is 7.00. The van der Waals surface area contributed by atoms with E-state index < -0.39 is 0 Å². The molecule has 1 fully saturated rings. The molecule has 0 radical (unpaired) electrons. The molecule has 1 aliphatic heterocycles. The van der Waals surface area contributed by atoms with E-state index in [4.69, 9.17) is 5.73 Å². The van der Waals surface area contributed by atoms with E-state index >= 15 is 0 Å². The Morgan fingerprint density at radius 1 is 1.59 bits per heavy atom. The normalized spacial score (nSPS) is 20.2. The van der Waals surface area contributed by atoms with Gasteiger partial charge in [0.1, 0.15) is 5.56 Å². The molecule has 1 amide bonds. The molecule has 1 saturated heterocycles. The van der Waals surface area contributed by atoms with Gasteiger partial charge in [-0.3, -0.25) is 9.89 Å². The van der Waals surface area contributed by atoms with Gasteiger partial charge in [-0.15, -0.1) is 0 Å². The van der Waals surface area contributed by atoms with Gasteiger partial charge in [0.05, 0.1) is 0 Å². The van der Waals surface area contributed by atoms with Crippen LogP contribution in [-0.4, -0.2) is 34.1 Å². The predicted molar refractivity (Wildman–Crippen MR) is 66.6 cm³/mol. The zero-order valence-electron chi connectivity index (χ0n) is 10.7. The molecule has 1 unspecified atom stereocenters. The van der Waals surface area contributed by atoms with E-state index in [0.717, 1.165) is 25.2 Å². The number of likely N-dealkylation sites (tertiary alicyclic amines) is 1. The van der Waals surface area contributed by atoms with Gasteiger partial charge in [-0.1, -0.05) is 13.8 Å². The molecule has 5 nitrogen and oxygen atoms in total. The number of nitrogens with two attached hydrogens (primary N) is 1. The van der Waals surface area contributed by atoms with Gasteiger partial charge < -0.3 is 10.6 Å². The average molecular weight is 236 g/mol. The average Bonchev–Trinajstić information content (AvgIpc) is 2.85. The van der Waals surface area contributed by atoms with Gasteiger partial charge in [0.25, 0.3) is 5.91 Å². The minimum absolute atomic E-state index is 0.0110. The lowest BCUT2D eigenvalue weighted by Gasteiger charge is -2.18. The van der Waals surface area contributed by atoms with Crippen LogP contribution in [0.2, 0.25) is 0 Å². The minimum atomic E-state index is 0.0110. The van der Waals surface area contributed by atoms with Gasteiger partial charge in [-0.2, -0.15) is 5.10 Å². The monoisotopic (exact) mass is 236 g/mol. The molecular weight excluding hydrogens is 216 g/mol. The summed E-state index contributed by atoms with van der Waals surface area (Å²) in [6.45, 7) is 7.89. The molecule has 0 aliphatic carbocycles. The quantitative estimate of drug-likeness (QED) is 0.815. The minimum Gasteiger partial charge on any atom is -0.382 e. The number of nitrogen functional groups attached to an aromatic ring is 1. The highest BCUT2D eigenvalue weighted by Gasteiger charge is 2.30. The number of hydrogen-bond donors (Lipinski definition) is 2. The van der Waals surface area contributed by atoms with Crippen LogP contribution < -0.4 is 5.73 Å². The molecular formula is C12H20N4O. The summed E-state index contributed by atoms with van der Waals surface area (Å²) in [5, 5.41) is 6.62. The SMILES string of the molecule is Cc1[nH]nc(N)c1C(=O)N1CCC(C(C)C)C1. The first kappa shape index (κ1) is 12.0. The molecule has 0 bridgehead atoms. The Labute approximate surface area is 101 Å². The third-order valence-corrected chi connectivity index (χ3v) is 3.64. The smallest absolute Gasteiger partial charge is 0.259 e. The van der Waals surface area contributed by atoms with Gasteiger partial charge >= 0.3 is 0 Å². The topological polar surface area (TPSA) is 75.0 Å². The van der Waals surface area contributed by atoms with E-state index in [1.54, 1.807) is 0 Å². The number of carbonyl (C=O) groups is 1. The van der Waals surface area contributed by atoms with Crippen LogP contribution in [0.1, 0.15) is 36.3 Å². The van der Waals surface area contributed by atoms with Crippen LogP contribution in [0, 0.1) is 18.8 Å². The second-order valence-corrected chi connectivity index (χ2v) is 5.15. The summed E-state index contributed by atoms with van der Waals surface area (Å²) >= 11 is 0. The van der Waals surface area contributed by atoms with Crippen LogP contribution in [-0.2, 0) is 0 Å². The fourth-order valence-corrected chi connectivity index (χ4v) is 2.39. The molecule has 1 aromatic heterocycles. The lowest BCUT2D eigenvalue weighted by molar-refractivity contribution is 0.0784. The number of carbonyl (C=O) groups excluding carboxylic acids is 1. The Morgan fingerprint density at radius 2 is 2.29 bits per heavy atom. The molecule has 0 aromatic carbocycles. The van der Waals surface area contributed by atoms with Crippen molar-refractivity contribution in [3.63, 3.8) is 0 Å². The number of amides is 1. The number of aromatic amines is 1. The van der Waals surface area contributed by atoms with Gasteiger partial charge in [0, 0.05) is 18.8 Å². The van der Waals surface area contributed by atoms with Gasteiger partial charge in [0.2, 0.25) is 0 Å². The van der Waals surface area contributed by atoms with Crippen LogP contribution >= 0.6 is 0 Å². The van der Waals surface area contributed by atoms with Gasteiger partial charge in [0.15, 0.2) is 5.82 Å². The maximum Gasteiger partial charge on any atom is 0.259 e. The van der Waals surface area contributed by atoms with E-state index in [-0.39, 0.29) is 5.91 Å². The van der Waals surface area contributed by atoms with Crippen molar-refractivity contribution in [3.05, 3.63) is 11.3 Å². The number of rotatable bonds is 2. The Morgan fingerprint density at radius 3 is 2.76 bits per heavy atom. The third kappa shape index (κ3) is 2.14. The molecule has 17 heavy (non-hydrogen) atoms. The van der Waals surface area contributed by atoms with Crippen molar-refractivity contribution in [2.45, 2.75) is 27.2 Å². The first-order valence-corrected chi connectivity index (χ1v) is 6.10. The maximum atomic E-state index is 12.3. The summed E-state index contributed by atoms with van der Waals surface area (Å²) in [5.74, 6) is 1.54. The zero-order chi connectivity index (χ0) is 12.6. The maximum absolute atomic E-state index is 12.3. The standard InChI is InChI=1S/C12H20N4O/c1-7(2)9-4-5-16(6-9)12(17)10-8(3)14-15-11(10)13/h7,9H,4-6H2,1-3H3,(H3,13,14,15). The number of aromatic nitrogens is 2. The van der Waals surface area contributed by atoms with Crippen molar-refractivity contribution in [2.75, 3.05) is 18.8 Å². The lowest BCUT2D eigenvalue weighted by Crippen LogP contribution is -2.30. The van der Waals surface area contributed by atoms with Crippen molar-refractivity contribution >= 4 is 11.7 Å². The highest BCUT2D eigenvalue weighted by molar-refractivity contribution is 5.99. The van der Waals surface area contributed by atoms with Crippen molar-refractivity contribution in [1.82, 2.24) is 15.1 Å². The number of H-pyrrole nitrogens is 1. The molecule has 5 heteroatoms. The van der Waals surface area contributed by atoms with Crippen LogP contribution in [0.25, 0.3) is 0 Å². The fraction of sp³-hybridized carbons (Fsp3) is 0.667. The van der Waals surface area contributed by atoms with Crippen molar-refractivity contribution in [2.24, 2.45) is 11.8 Å². The number of anilines is 1. The Bertz CT molecular complexity index is 405. The third-order valence-electron chi connectivity index (χ3n) is 3.64. The Balaban J connectivity index is 2.12. The van der Waals surface area contributed by atoms with E-state index in [1.807, 2.05) is 11.8 Å². The molecule has 3 N–H and O–H groups in total. The second kappa shape index (κ2) is 4.39. The molecule has 2 rings (SSSR count). The van der Waals surface area contributed by atoms with E-state index in [9.17, 15) is 4.79 Å². The first-order chi connectivity index (χ1) is 8.00. The van der Waals surface area contributed by atoms with Crippen molar-refractivity contribution < 1.29 is 4.79 Å². The number of nitrogens with zero attached hydrogens (tertiary/aromatic N) is 2. The molecule has 2 heterocycles. The van der Waals surface area contributed by atoms with Crippen LogP contribution in [0.4, 0.5) is 5.82 Å². The number of nitrogens with one attached hydrogen (secondary N) is 1. The van der Waals surface area contributed by atoms with Crippen molar-refractivity contribution in [1.29, 1.82) is 0 Å². The predicted octanol–water partition coefficient (Wildman–Crippen LogP) is 1.42. The Kier molecular flexibility index (Phi) is 3.09. The van der Waals surface area contributed by atoms with Gasteiger partial charge in [-0.25, -0.2) is 0 Å². The number of aryl methyl sites for hydroxylation is 1. The summed E-state index contributed by atoms with van der Waals surface area (Å²) in [4.78, 5) is 14.2. The molecule has 1 aromatic rings. The van der Waals surface area contributed by atoms with E-state index in [1.165, 1.54) is 0 Å². The van der Waals surface area contributed by atoms with Crippen LogP contribution in [0.5, 0.6) is 0 Å². The summed E-state index contributed by atoms with van der Waals surface area (Å²) in [6.07, 6.45) is 1.08. The molecule has 94 valence electrons. The molecule has 1 atom stereocenters. The van der Waals surface area contributed by atoms with Crippen molar-refractivity contribution in [3.8, 4) is 0 Å². The molecule has 0 saturated carbocycles. The Hall–Kier alpha value is -1.52. The van der Waals surface area contributed by atoms with E-state index in [2.05, 4.69) is 24.0 Å². The highest BCUT2D eigenvalue weighted by atomic mass is 16.2. The molecule has 1 aliphatic rings. The van der Waals surface area contributed by atoms with Crippen LogP contribution in [0.15, 0.2) is 0 Å². The summed E-state index contributed by atoms with van der Waals surface area (Å²) in [7, 11) is 0. The number of hydrogen-bond acceptors (Lipinski definition) is 3. The largest absolute Gasteiger partial charge is 0.382 e. The second-order valence-electron chi connectivity index (χ2n) is 5.15. The fourth-order valence-electron chi connectivity index (χ4n) is 2.39. The summed E-state index contributed by atoms with van der Waals surface area (Å²) in [6, 6.07) is 0. The summed E-state index contributed by atoms with van der Waals surface area (Å²) < 4.78 is 0.